The highest BCUT2D eigenvalue weighted by Crippen LogP contribution is 2.34. The van der Waals surface area contributed by atoms with Crippen molar-refractivity contribution in [2.24, 2.45) is 5.11 Å². The quantitative estimate of drug-likeness (QED) is 0.0763. The van der Waals surface area contributed by atoms with E-state index in [1.54, 1.807) is 25.1 Å². The number of carbonyl (C=O) groups excluding carboxylic acids is 3. The van der Waals surface area contributed by atoms with Crippen molar-refractivity contribution < 1.29 is 33.3 Å². The molecule has 10 nitrogen and oxygen atoms in total. The van der Waals surface area contributed by atoms with Gasteiger partial charge >= 0.3 is 17.9 Å². The number of azide groups is 1. The zero-order valence-corrected chi connectivity index (χ0v) is 20.1. The Morgan fingerprint density at radius 2 is 1.72 bits per heavy atom. The van der Waals surface area contributed by atoms with E-state index in [0.717, 1.165) is 11.8 Å². The van der Waals surface area contributed by atoms with Crippen molar-refractivity contribution in [3.8, 4) is 0 Å². The lowest BCUT2D eigenvalue weighted by Gasteiger charge is -2.31. The van der Waals surface area contributed by atoms with Crippen LogP contribution in [0, 0.1) is 0 Å². The summed E-state index contributed by atoms with van der Waals surface area (Å²) >= 11 is 13.2. The second kappa shape index (κ2) is 14.1. The van der Waals surface area contributed by atoms with Crippen LogP contribution in [0.2, 0.25) is 10.0 Å². The van der Waals surface area contributed by atoms with Crippen molar-refractivity contribution in [3.05, 3.63) is 38.7 Å². The number of hydrogen-bond acceptors (Lipinski definition) is 9. The maximum absolute atomic E-state index is 11.7. The third-order valence-corrected chi connectivity index (χ3v) is 5.64. The molecule has 1 rings (SSSR count). The molecule has 0 aliphatic heterocycles. The van der Waals surface area contributed by atoms with Crippen molar-refractivity contribution in [3.63, 3.8) is 0 Å². The van der Waals surface area contributed by atoms with Gasteiger partial charge in [0.1, 0.15) is 30.4 Å². The third kappa shape index (κ3) is 10.4. The molecule has 1 aromatic carbocycles. The van der Waals surface area contributed by atoms with Gasteiger partial charge in [0.2, 0.25) is 0 Å². The highest BCUT2D eigenvalue weighted by molar-refractivity contribution is 7.99. The monoisotopic (exact) mass is 507 g/mol. The van der Waals surface area contributed by atoms with E-state index in [1.165, 1.54) is 20.8 Å². The van der Waals surface area contributed by atoms with Gasteiger partial charge in [-0.15, -0.1) is 0 Å². The molecule has 0 aliphatic carbocycles. The molecular weight excluding hydrogens is 485 g/mol. The lowest BCUT2D eigenvalue weighted by Crippen LogP contribution is -2.42. The van der Waals surface area contributed by atoms with Gasteiger partial charge in [-0.25, -0.2) is 0 Å². The Morgan fingerprint density at radius 3 is 2.25 bits per heavy atom. The molecule has 0 amide bonds. The van der Waals surface area contributed by atoms with Crippen LogP contribution in [0.25, 0.3) is 10.4 Å². The molecule has 0 radical (unpaired) electrons. The summed E-state index contributed by atoms with van der Waals surface area (Å²) in [6, 6.07) is 4.83. The Morgan fingerprint density at radius 1 is 1.06 bits per heavy atom. The molecule has 0 aliphatic rings. The van der Waals surface area contributed by atoms with Crippen LogP contribution < -0.4 is 0 Å². The average molecular weight is 508 g/mol. The van der Waals surface area contributed by atoms with E-state index >= 15 is 0 Å². The van der Waals surface area contributed by atoms with Crippen LogP contribution in [0.4, 0.5) is 0 Å². The van der Waals surface area contributed by atoms with Gasteiger partial charge < -0.3 is 18.9 Å². The van der Waals surface area contributed by atoms with Crippen LogP contribution in [0.5, 0.6) is 0 Å². The molecule has 4 atom stereocenters. The van der Waals surface area contributed by atoms with Crippen LogP contribution in [0.15, 0.2) is 28.2 Å². The number of ether oxygens (including phenoxy) is 4. The third-order valence-electron chi connectivity index (χ3n) is 3.72. The predicted molar refractivity (Wildman–Crippen MR) is 118 cm³/mol. The number of nitrogens with zero attached hydrogens (tertiary/aromatic N) is 3. The summed E-state index contributed by atoms with van der Waals surface area (Å²) in [6.45, 7) is 4.73. The molecule has 0 saturated heterocycles. The second-order valence-corrected chi connectivity index (χ2v) is 8.40. The first-order chi connectivity index (χ1) is 15.0. The summed E-state index contributed by atoms with van der Waals surface area (Å²) in [5.41, 5.74) is 7.77. The Kier molecular flexibility index (Phi) is 12.3. The van der Waals surface area contributed by atoms with E-state index in [0.29, 0.717) is 14.9 Å². The molecule has 0 heterocycles. The molecular formula is C19H23Cl2N3O7S. The standard InChI is InChI=1S/C19H23Cl2N3O7S/c1-10(29-12(3)26)18(9-28-11(2)25)31-19(17(8-23-24-22)30-13(4)27)32-14-5-6-15(20)16(21)7-14/h5-7,10,17-19H,8-9H2,1-4H3/t10-,17-,18?,19-/m1/s1. The van der Waals surface area contributed by atoms with Crippen molar-refractivity contribution in [2.45, 2.75) is 56.3 Å². The first kappa shape index (κ1) is 27.9. The molecule has 0 spiro atoms. The Balaban J connectivity index is 3.28. The van der Waals surface area contributed by atoms with Gasteiger partial charge in [0, 0.05) is 30.6 Å². The zero-order chi connectivity index (χ0) is 24.3. The first-order valence-electron chi connectivity index (χ1n) is 9.29. The number of carbonyl (C=O) groups is 3. The molecule has 1 unspecified atom stereocenters. The number of halogens is 2. The number of thioether (sulfide) groups is 1. The molecule has 1 aromatic rings. The minimum atomic E-state index is -1.02. The van der Waals surface area contributed by atoms with Crippen molar-refractivity contribution in [1.29, 1.82) is 0 Å². The molecule has 0 bridgehead atoms. The molecule has 0 saturated carbocycles. The smallest absolute Gasteiger partial charge is 0.303 e. The Bertz CT molecular complexity index is 863. The number of rotatable bonds is 12. The minimum absolute atomic E-state index is 0.239. The van der Waals surface area contributed by atoms with E-state index in [1.807, 2.05) is 0 Å². The fraction of sp³-hybridized carbons (Fsp3) is 0.526. The van der Waals surface area contributed by atoms with Gasteiger partial charge in [-0.1, -0.05) is 40.1 Å². The number of hydrogen-bond donors (Lipinski definition) is 0. The predicted octanol–water partition coefficient (Wildman–Crippen LogP) is 4.55. The topological polar surface area (TPSA) is 137 Å². The fourth-order valence-corrected chi connectivity index (χ4v) is 3.83. The van der Waals surface area contributed by atoms with Crippen LogP contribution in [-0.2, 0) is 33.3 Å². The van der Waals surface area contributed by atoms with Gasteiger partial charge in [-0.2, -0.15) is 0 Å². The Labute approximate surface area is 199 Å². The molecule has 0 fully saturated rings. The summed E-state index contributed by atoms with van der Waals surface area (Å²) in [7, 11) is 0. The Hall–Kier alpha value is -2.17. The minimum Gasteiger partial charge on any atom is -0.463 e. The van der Waals surface area contributed by atoms with Crippen LogP contribution >= 0.6 is 35.0 Å². The average Bonchev–Trinajstić information content (AvgIpc) is 2.69. The van der Waals surface area contributed by atoms with Crippen LogP contribution in [0.3, 0.4) is 0 Å². The maximum atomic E-state index is 11.7. The lowest BCUT2D eigenvalue weighted by molar-refractivity contribution is -0.169. The fourth-order valence-electron chi connectivity index (χ4n) is 2.38. The van der Waals surface area contributed by atoms with Crippen molar-refractivity contribution in [1.82, 2.24) is 0 Å². The van der Waals surface area contributed by atoms with Gasteiger partial charge in [0.15, 0.2) is 0 Å². The van der Waals surface area contributed by atoms with Gasteiger partial charge in [0.25, 0.3) is 0 Å². The lowest BCUT2D eigenvalue weighted by atomic mass is 10.2. The van der Waals surface area contributed by atoms with Crippen LogP contribution in [-0.4, -0.2) is 54.8 Å². The van der Waals surface area contributed by atoms with Crippen molar-refractivity contribution >= 4 is 52.9 Å². The largest absolute Gasteiger partial charge is 0.463 e. The number of esters is 3. The van der Waals surface area contributed by atoms with Gasteiger partial charge in [-0.05, 0) is 30.7 Å². The second-order valence-electron chi connectivity index (χ2n) is 6.42. The van der Waals surface area contributed by atoms with E-state index in [-0.39, 0.29) is 13.2 Å². The molecule has 0 N–H and O–H groups in total. The van der Waals surface area contributed by atoms with Crippen molar-refractivity contribution in [2.75, 3.05) is 13.2 Å². The van der Waals surface area contributed by atoms with Gasteiger partial charge in [-0.3, -0.25) is 14.4 Å². The molecule has 0 aromatic heterocycles. The van der Waals surface area contributed by atoms with Gasteiger partial charge in [0.05, 0.1) is 16.6 Å². The summed E-state index contributed by atoms with van der Waals surface area (Å²) in [5, 5.41) is 4.12. The first-order valence-corrected chi connectivity index (χ1v) is 10.9. The highest BCUT2D eigenvalue weighted by Gasteiger charge is 2.33. The van der Waals surface area contributed by atoms with E-state index in [4.69, 9.17) is 47.7 Å². The summed E-state index contributed by atoms with van der Waals surface area (Å²) < 4.78 is 21.6. The SMILES string of the molecule is CC(=O)OCC(O[C@H](Sc1ccc(Cl)c(Cl)c1)[C@@H](CN=[N+]=[N-])OC(C)=O)[C@@H](C)OC(C)=O. The van der Waals surface area contributed by atoms with Crippen LogP contribution in [0.1, 0.15) is 27.7 Å². The van der Waals surface area contributed by atoms with E-state index in [2.05, 4.69) is 10.0 Å². The highest BCUT2D eigenvalue weighted by atomic mass is 35.5. The molecule has 32 heavy (non-hydrogen) atoms. The normalized spacial score (nSPS) is 14.3. The number of benzene rings is 1. The zero-order valence-electron chi connectivity index (χ0n) is 17.8. The van der Waals surface area contributed by atoms with E-state index in [9.17, 15) is 14.4 Å². The van der Waals surface area contributed by atoms with E-state index < -0.39 is 41.7 Å². The molecule has 176 valence electrons. The summed E-state index contributed by atoms with van der Waals surface area (Å²) in [4.78, 5) is 37.7. The summed E-state index contributed by atoms with van der Waals surface area (Å²) in [6.07, 6.45) is -2.76. The maximum Gasteiger partial charge on any atom is 0.303 e. The molecule has 13 heteroatoms. The summed E-state index contributed by atoms with van der Waals surface area (Å²) in [5.74, 6) is -1.75.